The molecule has 1 saturated heterocycles. The molecule has 0 saturated carbocycles. The van der Waals surface area contributed by atoms with Crippen LogP contribution in [0.2, 0.25) is 0 Å². The van der Waals surface area contributed by atoms with E-state index in [1.165, 1.54) is 10.5 Å². The van der Waals surface area contributed by atoms with Gasteiger partial charge in [0.1, 0.15) is 0 Å². The highest BCUT2D eigenvalue weighted by Gasteiger charge is 2.24. The number of amides is 2. The van der Waals surface area contributed by atoms with E-state index < -0.39 is 0 Å². The van der Waals surface area contributed by atoms with Crippen LogP contribution in [0.25, 0.3) is 0 Å². The minimum absolute atomic E-state index is 0.00259. The smallest absolute Gasteiger partial charge is 0.243 e. The summed E-state index contributed by atoms with van der Waals surface area (Å²) in [4.78, 5) is 26.1. The van der Waals surface area contributed by atoms with E-state index >= 15 is 0 Å². The number of hydrogen-bond acceptors (Lipinski definition) is 3. The van der Waals surface area contributed by atoms with Gasteiger partial charge in [0.25, 0.3) is 0 Å². The molecule has 2 rings (SSSR count). The first kappa shape index (κ1) is 17.5. The quantitative estimate of drug-likeness (QED) is 0.894. The molecule has 1 heterocycles. The van der Waals surface area contributed by atoms with Crippen LogP contribution in [0.3, 0.4) is 0 Å². The molecule has 0 radical (unpaired) electrons. The number of anilines is 1. The van der Waals surface area contributed by atoms with Crippen molar-refractivity contribution in [2.45, 2.75) is 46.1 Å². The zero-order valence-corrected chi connectivity index (χ0v) is 14.5. The van der Waals surface area contributed by atoms with Gasteiger partial charge in [-0.3, -0.25) is 9.59 Å². The van der Waals surface area contributed by atoms with Crippen molar-refractivity contribution in [1.29, 1.82) is 0 Å². The van der Waals surface area contributed by atoms with Crippen molar-refractivity contribution in [2.75, 3.05) is 25.5 Å². The van der Waals surface area contributed by atoms with Crippen molar-refractivity contribution in [3.05, 3.63) is 28.8 Å². The van der Waals surface area contributed by atoms with Gasteiger partial charge in [-0.15, -0.1) is 0 Å². The van der Waals surface area contributed by atoms with Crippen LogP contribution >= 0.6 is 0 Å². The van der Waals surface area contributed by atoms with E-state index in [9.17, 15) is 9.59 Å². The van der Waals surface area contributed by atoms with E-state index in [4.69, 9.17) is 0 Å². The van der Waals surface area contributed by atoms with Gasteiger partial charge in [-0.05, 0) is 51.3 Å². The van der Waals surface area contributed by atoms with Crippen LogP contribution < -0.4 is 10.6 Å². The SMILES string of the molecule is Cc1cc(C)c(NC(=O)CN(C)C(=O)C2CCCCN2)c(C)c1. The normalized spacial score (nSPS) is 17.7. The van der Waals surface area contributed by atoms with Crippen LogP contribution in [0.4, 0.5) is 5.69 Å². The van der Waals surface area contributed by atoms with Gasteiger partial charge in [0.05, 0.1) is 12.6 Å². The molecule has 126 valence electrons. The van der Waals surface area contributed by atoms with Gasteiger partial charge in [0.15, 0.2) is 0 Å². The van der Waals surface area contributed by atoms with E-state index in [0.717, 1.165) is 42.6 Å². The monoisotopic (exact) mass is 317 g/mol. The highest BCUT2D eigenvalue weighted by Crippen LogP contribution is 2.21. The second-order valence-corrected chi connectivity index (χ2v) is 6.52. The maximum atomic E-state index is 12.3. The molecular weight excluding hydrogens is 290 g/mol. The number of likely N-dealkylation sites (N-methyl/N-ethyl adjacent to an activating group) is 1. The van der Waals surface area contributed by atoms with Crippen LogP contribution in [0.15, 0.2) is 12.1 Å². The molecular formula is C18H27N3O2. The van der Waals surface area contributed by atoms with Crippen LogP contribution in [-0.4, -0.2) is 42.9 Å². The molecule has 23 heavy (non-hydrogen) atoms. The lowest BCUT2D eigenvalue weighted by Crippen LogP contribution is -2.49. The van der Waals surface area contributed by atoms with Gasteiger partial charge in [-0.25, -0.2) is 0 Å². The molecule has 5 heteroatoms. The first-order valence-corrected chi connectivity index (χ1v) is 8.24. The first-order chi connectivity index (χ1) is 10.9. The molecule has 1 fully saturated rings. The van der Waals surface area contributed by atoms with E-state index in [-0.39, 0.29) is 24.4 Å². The summed E-state index contributed by atoms with van der Waals surface area (Å²) in [5, 5.41) is 6.17. The van der Waals surface area contributed by atoms with Crippen LogP contribution in [-0.2, 0) is 9.59 Å². The number of aryl methyl sites for hydroxylation is 3. The lowest BCUT2D eigenvalue weighted by Gasteiger charge is -2.27. The Balaban J connectivity index is 1.95. The summed E-state index contributed by atoms with van der Waals surface area (Å²) in [5.41, 5.74) is 4.10. The Kier molecular flexibility index (Phi) is 5.77. The summed E-state index contributed by atoms with van der Waals surface area (Å²) < 4.78 is 0. The standard InChI is InChI=1S/C18H27N3O2/c1-12-9-13(2)17(14(3)10-12)20-16(22)11-21(4)18(23)15-7-5-6-8-19-15/h9-10,15,19H,5-8,11H2,1-4H3,(H,20,22). The first-order valence-electron chi connectivity index (χ1n) is 8.24. The molecule has 1 aliphatic rings. The molecule has 1 aromatic rings. The molecule has 2 N–H and O–H groups in total. The third-order valence-electron chi connectivity index (χ3n) is 4.31. The Morgan fingerprint density at radius 1 is 1.22 bits per heavy atom. The Labute approximate surface area is 138 Å². The van der Waals surface area contributed by atoms with Gasteiger partial charge in [-0.1, -0.05) is 24.1 Å². The van der Waals surface area contributed by atoms with Gasteiger partial charge in [0.2, 0.25) is 11.8 Å². The van der Waals surface area contributed by atoms with Gasteiger partial charge < -0.3 is 15.5 Å². The summed E-state index contributed by atoms with van der Waals surface area (Å²) in [7, 11) is 1.69. The maximum Gasteiger partial charge on any atom is 0.243 e. The number of rotatable bonds is 4. The summed E-state index contributed by atoms with van der Waals surface area (Å²) in [6.07, 6.45) is 3.02. The molecule has 1 unspecified atom stereocenters. The lowest BCUT2D eigenvalue weighted by atomic mass is 10.0. The van der Waals surface area contributed by atoms with Gasteiger partial charge in [0, 0.05) is 12.7 Å². The van der Waals surface area contributed by atoms with Crippen LogP contribution in [0.1, 0.15) is 36.0 Å². The fourth-order valence-electron chi connectivity index (χ4n) is 3.18. The average Bonchev–Trinajstić information content (AvgIpc) is 2.51. The zero-order valence-electron chi connectivity index (χ0n) is 14.5. The highest BCUT2D eigenvalue weighted by atomic mass is 16.2. The average molecular weight is 317 g/mol. The van der Waals surface area contributed by atoms with E-state index in [0.29, 0.717) is 0 Å². The van der Waals surface area contributed by atoms with Crippen molar-refractivity contribution >= 4 is 17.5 Å². The third-order valence-corrected chi connectivity index (χ3v) is 4.31. The van der Waals surface area contributed by atoms with Crippen LogP contribution in [0.5, 0.6) is 0 Å². The Morgan fingerprint density at radius 3 is 2.43 bits per heavy atom. The Hall–Kier alpha value is -1.88. The van der Waals surface area contributed by atoms with Gasteiger partial charge >= 0.3 is 0 Å². The zero-order chi connectivity index (χ0) is 17.0. The Morgan fingerprint density at radius 2 is 1.87 bits per heavy atom. The fourth-order valence-corrected chi connectivity index (χ4v) is 3.18. The molecule has 0 spiro atoms. The molecule has 0 bridgehead atoms. The predicted molar refractivity (Wildman–Crippen MR) is 92.6 cm³/mol. The molecule has 2 amide bonds. The molecule has 0 aliphatic carbocycles. The predicted octanol–water partition coefficient (Wildman–Crippen LogP) is 2.15. The topological polar surface area (TPSA) is 61.4 Å². The minimum atomic E-state index is -0.160. The van der Waals surface area contributed by atoms with Crippen LogP contribution in [0, 0.1) is 20.8 Å². The second-order valence-electron chi connectivity index (χ2n) is 6.52. The molecule has 1 atom stereocenters. The highest BCUT2D eigenvalue weighted by molar-refractivity contribution is 5.96. The number of piperidine rings is 1. The Bertz CT molecular complexity index is 569. The van der Waals surface area contributed by atoms with Crippen molar-refractivity contribution in [1.82, 2.24) is 10.2 Å². The number of carbonyl (C=O) groups excluding carboxylic acids is 2. The molecule has 5 nitrogen and oxygen atoms in total. The van der Waals surface area contributed by atoms with Crippen molar-refractivity contribution in [2.24, 2.45) is 0 Å². The van der Waals surface area contributed by atoms with Crippen molar-refractivity contribution in [3.63, 3.8) is 0 Å². The number of carbonyl (C=O) groups is 2. The molecule has 0 aromatic heterocycles. The van der Waals surface area contributed by atoms with E-state index in [1.807, 2.05) is 32.9 Å². The number of hydrogen-bond donors (Lipinski definition) is 2. The summed E-state index contributed by atoms with van der Waals surface area (Å²) in [5.74, 6) is -0.163. The largest absolute Gasteiger partial charge is 0.335 e. The lowest BCUT2D eigenvalue weighted by molar-refractivity contribution is -0.135. The van der Waals surface area contributed by atoms with E-state index in [1.54, 1.807) is 7.05 Å². The molecule has 1 aromatic carbocycles. The number of nitrogens with zero attached hydrogens (tertiary/aromatic N) is 1. The van der Waals surface area contributed by atoms with E-state index in [2.05, 4.69) is 10.6 Å². The summed E-state index contributed by atoms with van der Waals surface area (Å²) in [6, 6.07) is 3.94. The van der Waals surface area contributed by atoms with Gasteiger partial charge in [-0.2, -0.15) is 0 Å². The van der Waals surface area contributed by atoms with Crippen molar-refractivity contribution in [3.8, 4) is 0 Å². The number of benzene rings is 1. The fraction of sp³-hybridized carbons (Fsp3) is 0.556. The summed E-state index contributed by atoms with van der Waals surface area (Å²) >= 11 is 0. The van der Waals surface area contributed by atoms with Crippen molar-refractivity contribution < 1.29 is 9.59 Å². The maximum absolute atomic E-state index is 12.3. The minimum Gasteiger partial charge on any atom is -0.335 e. The molecule has 1 aliphatic heterocycles. The second kappa shape index (κ2) is 7.59. The summed E-state index contributed by atoms with van der Waals surface area (Å²) in [6.45, 7) is 6.95. The number of nitrogens with one attached hydrogen (secondary N) is 2. The third kappa shape index (κ3) is 4.55.